The fraction of sp³-hybridized carbons (Fsp3) is 0.846. The minimum absolute atomic E-state index is 0.00111. The summed E-state index contributed by atoms with van der Waals surface area (Å²) in [6, 6.07) is 0.332. The van der Waals surface area contributed by atoms with E-state index in [2.05, 4.69) is 22.3 Å². The molecule has 0 amide bonds. The van der Waals surface area contributed by atoms with Crippen LogP contribution in [0.25, 0.3) is 0 Å². The molecule has 1 unspecified atom stereocenters. The normalized spacial score (nSPS) is 19.5. The van der Waals surface area contributed by atoms with Crippen molar-refractivity contribution in [1.82, 2.24) is 20.1 Å². The van der Waals surface area contributed by atoms with Crippen molar-refractivity contribution in [3.8, 4) is 0 Å². The van der Waals surface area contributed by atoms with Gasteiger partial charge >= 0.3 is 0 Å². The van der Waals surface area contributed by atoms with Crippen molar-refractivity contribution in [2.45, 2.75) is 50.7 Å². The average molecular weight is 252 g/mol. The van der Waals surface area contributed by atoms with Gasteiger partial charge in [0.15, 0.2) is 0 Å². The highest BCUT2D eigenvalue weighted by Gasteiger charge is 2.44. The number of aryl methyl sites for hydroxylation is 1. The zero-order chi connectivity index (χ0) is 13.0. The second-order valence-corrected chi connectivity index (χ2v) is 5.13. The molecule has 0 spiro atoms. The molecule has 102 valence electrons. The Labute approximate surface area is 109 Å². The van der Waals surface area contributed by atoms with Crippen LogP contribution >= 0.6 is 0 Å². The summed E-state index contributed by atoms with van der Waals surface area (Å²) in [5.41, 5.74) is 0.00111. The van der Waals surface area contributed by atoms with E-state index in [1.54, 1.807) is 6.33 Å². The Kier molecular flexibility index (Phi) is 4.35. The molecule has 5 nitrogen and oxygen atoms in total. The van der Waals surface area contributed by atoms with Gasteiger partial charge in [-0.1, -0.05) is 6.92 Å². The third-order valence-electron chi connectivity index (χ3n) is 4.07. The molecule has 0 aliphatic heterocycles. The van der Waals surface area contributed by atoms with Crippen LogP contribution in [-0.2, 0) is 18.2 Å². The lowest BCUT2D eigenvalue weighted by molar-refractivity contribution is -0.0985. The van der Waals surface area contributed by atoms with E-state index in [9.17, 15) is 0 Å². The summed E-state index contributed by atoms with van der Waals surface area (Å²) in [4.78, 5) is 4.33. The Hall–Kier alpha value is -0.940. The van der Waals surface area contributed by atoms with Gasteiger partial charge in [0.2, 0.25) is 0 Å². The summed E-state index contributed by atoms with van der Waals surface area (Å²) in [7, 11) is 3.77. The first-order valence-corrected chi connectivity index (χ1v) is 6.83. The van der Waals surface area contributed by atoms with Crippen LogP contribution in [0.15, 0.2) is 6.33 Å². The molecule has 1 aliphatic rings. The molecule has 1 aromatic heterocycles. The van der Waals surface area contributed by atoms with Crippen molar-refractivity contribution >= 4 is 0 Å². The van der Waals surface area contributed by atoms with E-state index in [1.165, 1.54) is 6.42 Å². The molecule has 0 saturated heterocycles. The maximum Gasteiger partial charge on any atom is 0.138 e. The number of hydrogen-bond acceptors (Lipinski definition) is 4. The van der Waals surface area contributed by atoms with Crippen LogP contribution in [0.4, 0.5) is 0 Å². The minimum Gasteiger partial charge on any atom is -0.377 e. The monoisotopic (exact) mass is 252 g/mol. The smallest absolute Gasteiger partial charge is 0.138 e. The van der Waals surface area contributed by atoms with E-state index >= 15 is 0 Å². The zero-order valence-corrected chi connectivity index (χ0v) is 11.6. The number of nitrogens with one attached hydrogen (secondary N) is 1. The van der Waals surface area contributed by atoms with Gasteiger partial charge in [-0.15, -0.1) is 0 Å². The lowest BCUT2D eigenvalue weighted by atomic mass is 9.73. The van der Waals surface area contributed by atoms with Crippen molar-refractivity contribution in [3.05, 3.63) is 12.2 Å². The molecule has 18 heavy (non-hydrogen) atoms. The fourth-order valence-corrected chi connectivity index (χ4v) is 2.67. The number of nitrogens with zero attached hydrogens (tertiary/aromatic N) is 3. The van der Waals surface area contributed by atoms with Crippen LogP contribution in [0, 0.1) is 0 Å². The van der Waals surface area contributed by atoms with E-state index in [-0.39, 0.29) is 5.60 Å². The number of rotatable bonds is 7. The Balaban J connectivity index is 2.07. The van der Waals surface area contributed by atoms with Gasteiger partial charge in [-0.3, -0.25) is 4.68 Å². The molecule has 1 fully saturated rings. The van der Waals surface area contributed by atoms with E-state index in [0.717, 1.165) is 38.1 Å². The predicted octanol–water partition coefficient (Wildman–Crippen LogP) is 1.29. The van der Waals surface area contributed by atoms with Crippen molar-refractivity contribution < 1.29 is 4.74 Å². The van der Waals surface area contributed by atoms with E-state index in [0.29, 0.717) is 6.04 Å². The molecule has 1 N–H and O–H groups in total. The summed E-state index contributed by atoms with van der Waals surface area (Å²) in [6.45, 7) is 3.21. The van der Waals surface area contributed by atoms with Crippen LogP contribution in [0.5, 0.6) is 0 Å². The van der Waals surface area contributed by atoms with Gasteiger partial charge < -0.3 is 10.1 Å². The number of ether oxygens (including phenoxy) is 1. The van der Waals surface area contributed by atoms with Crippen molar-refractivity contribution in [2.24, 2.45) is 7.05 Å². The number of aromatic nitrogens is 3. The predicted molar refractivity (Wildman–Crippen MR) is 70.4 cm³/mol. The molecule has 2 rings (SSSR count). The molecule has 0 aromatic carbocycles. The summed E-state index contributed by atoms with van der Waals surface area (Å²) >= 11 is 0. The molecule has 1 atom stereocenters. The largest absolute Gasteiger partial charge is 0.377 e. The Morgan fingerprint density at radius 3 is 2.78 bits per heavy atom. The van der Waals surface area contributed by atoms with Crippen molar-refractivity contribution in [1.29, 1.82) is 0 Å². The SMILES string of the molecule is CCCNC(Cc1ncnn1C)C1(OC)CCC1. The maximum absolute atomic E-state index is 5.80. The van der Waals surface area contributed by atoms with Crippen LogP contribution < -0.4 is 5.32 Å². The Morgan fingerprint density at radius 1 is 1.56 bits per heavy atom. The Morgan fingerprint density at radius 2 is 2.33 bits per heavy atom. The highest BCUT2D eigenvalue weighted by atomic mass is 16.5. The van der Waals surface area contributed by atoms with Crippen LogP contribution in [0.2, 0.25) is 0 Å². The summed E-state index contributed by atoms with van der Waals surface area (Å²) < 4.78 is 7.65. The topological polar surface area (TPSA) is 52.0 Å². The van der Waals surface area contributed by atoms with Crippen LogP contribution in [-0.4, -0.2) is 40.1 Å². The van der Waals surface area contributed by atoms with Crippen molar-refractivity contribution in [2.75, 3.05) is 13.7 Å². The highest BCUT2D eigenvalue weighted by Crippen LogP contribution is 2.39. The van der Waals surface area contributed by atoms with Gasteiger partial charge in [-0.05, 0) is 32.2 Å². The summed E-state index contributed by atoms with van der Waals surface area (Å²) in [6.07, 6.45) is 7.17. The lowest BCUT2D eigenvalue weighted by Gasteiger charge is -2.46. The number of methoxy groups -OCH3 is 1. The van der Waals surface area contributed by atoms with Gasteiger partial charge in [-0.2, -0.15) is 5.10 Å². The Bertz CT molecular complexity index is 367. The zero-order valence-electron chi connectivity index (χ0n) is 11.6. The van der Waals surface area contributed by atoms with E-state index in [4.69, 9.17) is 4.74 Å². The molecule has 5 heteroatoms. The van der Waals surface area contributed by atoms with E-state index in [1.807, 2.05) is 18.8 Å². The average Bonchev–Trinajstić information content (AvgIpc) is 2.71. The third kappa shape index (κ3) is 2.57. The highest BCUT2D eigenvalue weighted by molar-refractivity contribution is 5.04. The summed E-state index contributed by atoms with van der Waals surface area (Å²) in [5.74, 6) is 1.02. The summed E-state index contributed by atoms with van der Waals surface area (Å²) in [5, 5.41) is 7.76. The first-order chi connectivity index (χ1) is 8.72. The van der Waals surface area contributed by atoms with Crippen LogP contribution in [0.3, 0.4) is 0 Å². The van der Waals surface area contributed by atoms with Gasteiger partial charge in [0.1, 0.15) is 12.2 Å². The maximum atomic E-state index is 5.80. The van der Waals surface area contributed by atoms with Gasteiger partial charge in [0.05, 0.1) is 5.60 Å². The third-order valence-corrected chi connectivity index (χ3v) is 4.07. The molecule has 1 heterocycles. The second kappa shape index (κ2) is 5.80. The molecule has 0 radical (unpaired) electrons. The molecule has 1 saturated carbocycles. The fourth-order valence-electron chi connectivity index (χ4n) is 2.67. The van der Waals surface area contributed by atoms with E-state index < -0.39 is 0 Å². The van der Waals surface area contributed by atoms with Crippen molar-refractivity contribution in [3.63, 3.8) is 0 Å². The quantitative estimate of drug-likeness (QED) is 0.794. The lowest BCUT2D eigenvalue weighted by Crippen LogP contribution is -2.57. The van der Waals surface area contributed by atoms with Crippen LogP contribution in [0.1, 0.15) is 38.4 Å². The second-order valence-electron chi connectivity index (χ2n) is 5.13. The van der Waals surface area contributed by atoms with Gasteiger partial charge in [-0.25, -0.2) is 4.98 Å². The first-order valence-electron chi connectivity index (χ1n) is 6.83. The first kappa shape index (κ1) is 13.5. The minimum atomic E-state index is 0.00111. The van der Waals surface area contributed by atoms with Gasteiger partial charge in [0.25, 0.3) is 0 Å². The molecular weight excluding hydrogens is 228 g/mol. The molecular formula is C13H24N4O. The standard InChI is InChI=1S/C13H24N4O/c1-4-8-14-11(13(18-3)6-5-7-13)9-12-15-10-16-17(12)2/h10-11,14H,4-9H2,1-3H3. The molecule has 1 aliphatic carbocycles. The number of hydrogen-bond donors (Lipinski definition) is 1. The molecule has 1 aromatic rings. The van der Waals surface area contributed by atoms with Gasteiger partial charge in [0, 0.05) is 26.6 Å². The molecule has 0 bridgehead atoms.